The van der Waals surface area contributed by atoms with Gasteiger partial charge in [0.2, 0.25) is 0 Å². The van der Waals surface area contributed by atoms with E-state index in [1.165, 1.54) is 23.7 Å². The van der Waals surface area contributed by atoms with Gasteiger partial charge in [0.15, 0.2) is 5.13 Å². The lowest BCUT2D eigenvalue weighted by Gasteiger charge is -2.22. The molecule has 208 valence electrons. The van der Waals surface area contributed by atoms with Gasteiger partial charge in [0.05, 0.1) is 27.9 Å². The number of rotatable bonds is 5. The third-order valence-corrected chi connectivity index (χ3v) is 6.63. The first kappa shape index (κ1) is 28.6. The van der Waals surface area contributed by atoms with Gasteiger partial charge in [-0.05, 0) is 45.4 Å². The maximum Gasteiger partial charge on any atom is 0.419 e. The average Bonchev–Trinajstić information content (AvgIpc) is 3.46. The van der Waals surface area contributed by atoms with Crippen LogP contribution in [0.1, 0.15) is 43.1 Å². The van der Waals surface area contributed by atoms with Crippen LogP contribution in [0.5, 0.6) is 0 Å². The molecule has 2 aromatic heterocycles. The van der Waals surface area contributed by atoms with Crippen molar-refractivity contribution in [1.29, 1.82) is 0 Å². The summed E-state index contributed by atoms with van der Waals surface area (Å²) < 4.78 is 58.8. The lowest BCUT2D eigenvalue weighted by molar-refractivity contribution is -0.139. The van der Waals surface area contributed by atoms with Gasteiger partial charge in [0.25, 0.3) is 5.91 Å². The third-order valence-electron chi connectivity index (χ3n) is 5.60. The first-order chi connectivity index (χ1) is 18.2. The first-order valence-electron chi connectivity index (χ1n) is 11.7. The molecule has 1 fully saturated rings. The van der Waals surface area contributed by atoms with E-state index in [0.29, 0.717) is 31.4 Å². The summed E-state index contributed by atoms with van der Waals surface area (Å²) in [5, 5.41) is 6.96. The molecule has 2 amide bonds. The number of halogens is 5. The van der Waals surface area contributed by atoms with Gasteiger partial charge >= 0.3 is 12.3 Å². The molecule has 0 radical (unpaired) electrons. The van der Waals surface area contributed by atoms with Crippen LogP contribution in [0.15, 0.2) is 35.8 Å². The number of amides is 2. The van der Waals surface area contributed by atoms with Gasteiger partial charge in [-0.1, -0.05) is 17.7 Å². The van der Waals surface area contributed by atoms with Gasteiger partial charge in [-0.3, -0.25) is 10.1 Å². The van der Waals surface area contributed by atoms with Crippen LogP contribution in [-0.4, -0.2) is 46.7 Å². The second-order valence-corrected chi connectivity index (χ2v) is 11.0. The summed E-state index contributed by atoms with van der Waals surface area (Å²) in [6.45, 7) is 6.35. The Bertz CT molecular complexity index is 1390. The number of nitrogens with zero attached hydrogens (tertiary/aromatic N) is 3. The van der Waals surface area contributed by atoms with Gasteiger partial charge in [-0.25, -0.2) is 19.2 Å². The molecule has 39 heavy (non-hydrogen) atoms. The Labute approximate surface area is 230 Å². The highest BCUT2D eigenvalue weighted by Crippen LogP contribution is 2.36. The number of carbonyl (C=O) groups is 2. The van der Waals surface area contributed by atoms with Gasteiger partial charge in [-0.15, -0.1) is 11.3 Å². The van der Waals surface area contributed by atoms with Crippen LogP contribution >= 0.6 is 22.9 Å². The zero-order valence-electron chi connectivity index (χ0n) is 21.0. The predicted molar refractivity (Wildman–Crippen MR) is 140 cm³/mol. The van der Waals surface area contributed by atoms with Crippen molar-refractivity contribution in [3.05, 3.63) is 57.8 Å². The maximum absolute atomic E-state index is 14.5. The number of alkyl carbamates (subject to hydrolysis) is 1. The van der Waals surface area contributed by atoms with E-state index in [9.17, 15) is 27.2 Å². The highest BCUT2D eigenvalue weighted by Gasteiger charge is 2.35. The van der Waals surface area contributed by atoms with Crippen LogP contribution in [0.3, 0.4) is 0 Å². The van der Waals surface area contributed by atoms with Crippen LogP contribution in [0.4, 0.5) is 33.3 Å². The van der Waals surface area contributed by atoms with Gasteiger partial charge < -0.3 is 15.0 Å². The summed E-state index contributed by atoms with van der Waals surface area (Å²) in [6.07, 6.45) is -3.39. The number of ether oxygens (including phenoxy) is 1. The predicted octanol–water partition coefficient (Wildman–Crippen LogP) is 6.37. The molecule has 0 bridgehead atoms. The standard InChI is InChI=1S/C25H24ClF4N5O3S/c1-24(2,3)38-23(37)32-14-7-8-35(11-14)20-17(26)9-13(10-31-20)21(36)34-22-33-18(12-39-22)15-5-4-6-16(19(15)27)25(28,29)30/h4-6,9-10,12,14H,7-8,11H2,1-3H3,(H,32,37)(H,33,34,36). The molecule has 4 rings (SSSR count). The highest BCUT2D eigenvalue weighted by atomic mass is 35.5. The molecular weight excluding hydrogens is 562 g/mol. The van der Waals surface area contributed by atoms with Crippen molar-refractivity contribution in [1.82, 2.24) is 15.3 Å². The number of anilines is 2. The molecule has 0 saturated carbocycles. The minimum atomic E-state index is -4.85. The number of nitrogens with one attached hydrogen (secondary N) is 2. The minimum absolute atomic E-state index is 0.0472. The van der Waals surface area contributed by atoms with Crippen molar-refractivity contribution < 1.29 is 31.9 Å². The third kappa shape index (κ3) is 6.95. The molecule has 1 aliphatic rings. The van der Waals surface area contributed by atoms with E-state index >= 15 is 0 Å². The lowest BCUT2D eigenvalue weighted by Crippen LogP contribution is -2.40. The molecule has 14 heteroatoms. The fraction of sp³-hybridized carbons (Fsp3) is 0.360. The first-order valence-corrected chi connectivity index (χ1v) is 13.0. The molecule has 3 aromatic rings. The summed E-state index contributed by atoms with van der Waals surface area (Å²) in [7, 11) is 0. The number of benzene rings is 1. The molecule has 3 heterocycles. The van der Waals surface area contributed by atoms with Crippen LogP contribution < -0.4 is 15.5 Å². The lowest BCUT2D eigenvalue weighted by atomic mass is 10.1. The number of alkyl halides is 3. The number of carbonyl (C=O) groups excluding carboxylic acids is 2. The zero-order chi connectivity index (χ0) is 28.5. The van der Waals surface area contributed by atoms with Crippen molar-refractivity contribution in [3.63, 3.8) is 0 Å². The summed E-state index contributed by atoms with van der Waals surface area (Å²) in [4.78, 5) is 35.0. The van der Waals surface area contributed by atoms with Crippen molar-refractivity contribution in [3.8, 4) is 11.3 Å². The Morgan fingerprint density at radius 3 is 2.64 bits per heavy atom. The number of aromatic nitrogens is 2. The maximum atomic E-state index is 14.5. The van der Waals surface area contributed by atoms with E-state index in [-0.39, 0.29) is 33.0 Å². The van der Waals surface area contributed by atoms with E-state index in [4.69, 9.17) is 16.3 Å². The van der Waals surface area contributed by atoms with Crippen molar-refractivity contribution in [2.45, 2.75) is 45.0 Å². The Hall–Kier alpha value is -3.45. The molecule has 1 aliphatic heterocycles. The fourth-order valence-electron chi connectivity index (χ4n) is 3.91. The number of hydrogen-bond donors (Lipinski definition) is 2. The summed E-state index contributed by atoms with van der Waals surface area (Å²) in [5.74, 6) is -1.60. The molecule has 2 N–H and O–H groups in total. The molecule has 1 aromatic carbocycles. The summed E-state index contributed by atoms with van der Waals surface area (Å²) in [5.41, 5.74) is -2.27. The average molecular weight is 586 g/mol. The normalized spacial score (nSPS) is 15.8. The quantitative estimate of drug-likeness (QED) is 0.338. The van der Waals surface area contributed by atoms with E-state index in [0.717, 1.165) is 17.4 Å². The molecule has 1 atom stereocenters. The highest BCUT2D eigenvalue weighted by molar-refractivity contribution is 7.14. The molecular formula is C25H24ClF4N5O3S. The topological polar surface area (TPSA) is 96.5 Å². The smallest absolute Gasteiger partial charge is 0.419 e. The second kappa shape index (κ2) is 11.0. The SMILES string of the molecule is CC(C)(C)OC(=O)NC1CCN(c2ncc(C(=O)Nc3nc(-c4cccc(C(F)(F)F)c4F)cs3)cc2Cl)C1. The Kier molecular flexibility index (Phi) is 8.03. The van der Waals surface area contributed by atoms with Gasteiger partial charge in [0, 0.05) is 30.2 Å². The van der Waals surface area contributed by atoms with Crippen molar-refractivity contribution in [2.24, 2.45) is 0 Å². The Morgan fingerprint density at radius 2 is 1.97 bits per heavy atom. The van der Waals surface area contributed by atoms with Crippen LogP contribution in [0, 0.1) is 5.82 Å². The van der Waals surface area contributed by atoms with Gasteiger partial charge in [0.1, 0.15) is 17.2 Å². The van der Waals surface area contributed by atoms with Crippen LogP contribution in [0.2, 0.25) is 5.02 Å². The van der Waals surface area contributed by atoms with Crippen LogP contribution in [0.25, 0.3) is 11.3 Å². The Morgan fingerprint density at radius 1 is 1.23 bits per heavy atom. The van der Waals surface area contributed by atoms with Crippen molar-refractivity contribution >= 4 is 45.9 Å². The summed E-state index contributed by atoms with van der Waals surface area (Å²) in [6, 6.07) is 4.17. The van der Waals surface area contributed by atoms with E-state index in [1.807, 2.05) is 4.90 Å². The van der Waals surface area contributed by atoms with E-state index < -0.39 is 35.2 Å². The molecule has 0 aliphatic carbocycles. The summed E-state index contributed by atoms with van der Waals surface area (Å²) >= 11 is 7.34. The van der Waals surface area contributed by atoms with Crippen molar-refractivity contribution in [2.75, 3.05) is 23.3 Å². The van der Waals surface area contributed by atoms with E-state index in [1.54, 1.807) is 20.8 Å². The second-order valence-electron chi connectivity index (χ2n) is 9.76. The molecule has 1 saturated heterocycles. The number of pyridine rings is 1. The van der Waals surface area contributed by atoms with Gasteiger partial charge in [-0.2, -0.15) is 13.2 Å². The number of hydrogen-bond acceptors (Lipinski definition) is 7. The number of thiazole rings is 1. The minimum Gasteiger partial charge on any atom is -0.444 e. The Balaban J connectivity index is 1.40. The monoisotopic (exact) mass is 585 g/mol. The molecule has 1 unspecified atom stereocenters. The van der Waals surface area contributed by atoms with Crippen LogP contribution in [-0.2, 0) is 10.9 Å². The van der Waals surface area contributed by atoms with E-state index in [2.05, 4.69) is 20.6 Å². The molecule has 0 spiro atoms. The fourth-order valence-corrected chi connectivity index (χ4v) is 4.90. The largest absolute Gasteiger partial charge is 0.444 e. The zero-order valence-corrected chi connectivity index (χ0v) is 22.6. The molecule has 8 nitrogen and oxygen atoms in total.